The fourth-order valence-corrected chi connectivity index (χ4v) is 1.26. The third kappa shape index (κ3) is 1.86. The Kier molecular flexibility index (Phi) is 3.11. The predicted octanol–water partition coefficient (Wildman–Crippen LogP) is 0.395. The monoisotopic (exact) mass is 200 g/mol. The van der Waals surface area contributed by atoms with E-state index in [1.54, 1.807) is 6.92 Å². The van der Waals surface area contributed by atoms with Crippen LogP contribution in [0.15, 0.2) is 11.3 Å². The van der Waals surface area contributed by atoms with Crippen molar-refractivity contribution in [1.82, 2.24) is 0 Å². The number of ether oxygens (including phenoxy) is 3. The Bertz CT molecular complexity index is 264. The minimum absolute atomic E-state index is 0.0353. The first-order valence-corrected chi connectivity index (χ1v) is 4.16. The highest BCUT2D eigenvalue weighted by atomic mass is 16.6. The van der Waals surface area contributed by atoms with Gasteiger partial charge >= 0.3 is 11.9 Å². The van der Waals surface area contributed by atoms with Crippen LogP contribution >= 0.6 is 0 Å². The molecule has 0 N–H and O–H groups in total. The highest BCUT2D eigenvalue weighted by Crippen LogP contribution is 2.26. The van der Waals surface area contributed by atoms with E-state index in [9.17, 15) is 9.59 Å². The van der Waals surface area contributed by atoms with Crippen molar-refractivity contribution in [2.45, 2.75) is 19.4 Å². The van der Waals surface area contributed by atoms with Crippen LogP contribution in [0, 0.1) is 0 Å². The number of rotatable bonds is 2. The minimum Gasteiger partial charge on any atom is -0.483 e. The Morgan fingerprint density at radius 1 is 1.29 bits per heavy atom. The molecule has 0 aliphatic carbocycles. The lowest BCUT2D eigenvalue weighted by molar-refractivity contribution is -0.142. The van der Waals surface area contributed by atoms with Crippen molar-refractivity contribution in [2.75, 3.05) is 14.2 Å². The van der Waals surface area contributed by atoms with Gasteiger partial charge in [-0.05, 0) is 6.92 Å². The topological polar surface area (TPSA) is 61.8 Å². The van der Waals surface area contributed by atoms with E-state index >= 15 is 0 Å². The molecule has 0 aromatic rings. The molecule has 1 atom stereocenters. The zero-order valence-electron chi connectivity index (χ0n) is 8.33. The van der Waals surface area contributed by atoms with Crippen LogP contribution in [0.2, 0.25) is 0 Å². The molecule has 1 aliphatic heterocycles. The summed E-state index contributed by atoms with van der Waals surface area (Å²) in [6.45, 7) is 1.76. The number of esters is 2. The molecule has 0 saturated heterocycles. The molecule has 0 radical (unpaired) electrons. The number of carbonyl (C=O) groups excluding carboxylic acids is 2. The average Bonchev–Trinajstić information content (AvgIpc) is 2.58. The summed E-state index contributed by atoms with van der Waals surface area (Å²) in [5.74, 6) is -1.23. The Labute approximate surface area is 81.6 Å². The second-order valence-corrected chi connectivity index (χ2v) is 2.92. The van der Waals surface area contributed by atoms with E-state index in [1.807, 2.05) is 0 Å². The Hall–Kier alpha value is -1.52. The van der Waals surface area contributed by atoms with Gasteiger partial charge in [0.1, 0.15) is 6.10 Å². The molecule has 0 spiro atoms. The van der Waals surface area contributed by atoms with Crippen LogP contribution in [0.3, 0.4) is 0 Å². The van der Waals surface area contributed by atoms with E-state index in [-0.39, 0.29) is 17.4 Å². The van der Waals surface area contributed by atoms with Gasteiger partial charge in [0.2, 0.25) is 5.76 Å². The standard InChI is InChI=1S/C9H12O5/c1-5-4-6(8(10)12-2)7(14-5)9(11)13-3/h5H,4H2,1-3H3. The fourth-order valence-electron chi connectivity index (χ4n) is 1.26. The Morgan fingerprint density at radius 2 is 1.86 bits per heavy atom. The SMILES string of the molecule is COC(=O)C1=C(C(=O)OC)OC(C)C1. The molecule has 0 bridgehead atoms. The van der Waals surface area contributed by atoms with E-state index in [0.29, 0.717) is 6.42 Å². The maximum Gasteiger partial charge on any atom is 0.373 e. The summed E-state index contributed by atoms with van der Waals surface area (Å²) < 4.78 is 14.2. The molecule has 0 amide bonds. The zero-order chi connectivity index (χ0) is 10.7. The quantitative estimate of drug-likeness (QED) is 0.603. The second-order valence-electron chi connectivity index (χ2n) is 2.92. The van der Waals surface area contributed by atoms with Gasteiger partial charge in [-0.15, -0.1) is 0 Å². The molecule has 5 heteroatoms. The van der Waals surface area contributed by atoms with Crippen molar-refractivity contribution in [3.8, 4) is 0 Å². The third-order valence-electron chi connectivity index (χ3n) is 1.89. The summed E-state index contributed by atoms with van der Waals surface area (Å²) in [5.41, 5.74) is 0.242. The number of methoxy groups -OCH3 is 2. The molecule has 78 valence electrons. The summed E-state index contributed by atoms with van der Waals surface area (Å²) >= 11 is 0. The number of carbonyl (C=O) groups is 2. The van der Waals surface area contributed by atoms with Crippen LogP contribution in [0.4, 0.5) is 0 Å². The van der Waals surface area contributed by atoms with E-state index in [2.05, 4.69) is 9.47 Å². The predicted molar refractivity (Wildman–Crippen MR) is 46.2 cm³/mol. The summed E-state index contributed by atoms with van der Waals surface area (Å²) in [6.07, 6.45) is 0.176. The lowest BCUT2D eigenvalue weighted by Gasteiger charge is -2.04. The molecule has 14 heavy (non-hydrogen) atoms. The number of hydrogen-bond acceptors (Lipinski definition) is 5. The summed E-state index contributed by atoms with van der Waals surface area (Å²) in [5, 5.41) is 0. The van der Waals surface area contributed by atoms with E-state index < -0.39 is 11.9 Å². The van der Waals surface area contributed by atoms with Crippen LogP contribution in [0.1, 0.15) is 13.3 Å². The lowest BCUT2D eigenvalue weighted by Crippen LogP contribution is -2.11. The maximum atomic E-state index is 11.2. The van der Waals surface area contributed by atoms with Crippen LogP contribution in [-0.2, 0) is 23.8 Å². The van der Waals surface area contributed by atoms with E-state index in [4.69, 9.17) is 4.74 Å². The summed E-state index contributed by atoms with van der Waals surface area (Å²) in [6, 6.07) is 0. The van der Waals surface area contributed by atoms with Gasteiger partial charge in [-0.3, -0.25) is 0 Å². The largest absolute Gasteiger partial charge is 0.483 e. The van der Waals surface area contributed by atoms with Crippen molar-refractivity contribution < 1.29 is 23.8 Å². The van der Waals surface area contributed by atoms with Crippen molar-refractivity contribution in [3.63, 3.8) is 0 Å². The maximum absolute atomic E-state index is 11.2. The smallest absolute Gasteiger partial charge is 0.373 e. The first-order chi connectivity index (χ1) is 6.60. The van der Waals surface area contributed by atoms with Gasteiger partial charge < -0.3 is 14.2 Å². The van der Waals surface area contributed by atoms with Gasteiger partial charge in [0.25, 0.3) is 0 Å². The molecular weight excluding hydrogens is 188 g/mol. The first-order valence-electron chi connectivity index (χ1n) is 4.16. The Morgan fingerprint density at radius 3 is 2.36 bits per heavy atom. The number of hydrogen-bond donors (Lipinski definition) is 0. The first kappa shape index (κ1) is 10.6. The lowest BCUT2D eigenvalue weighted by atomic mass is 10.1. The molecule has 5 nitrogen and oxygen atoms in total. The zero-order valence-corrected chi connectivity index (χ0v) is 8.33. The molecule has 0 aromatic carbocycles. The van der Waals surface area contributed by atoms with Crippen LogP contribution in [0.5, 0.6) is 0 Å². The van der Waals surface area contributed by atoms with E-state index in [0.717, 1.165) is 0 Å². The van der Waals surface area contributed by atoms with Gasteiger partial charge in [-0.25, -0.2) is 9.59 Å². The molecule has 1 heterocycles. The molecule has 1 aliphatic rings. The van der Waals surface area contributed by atoms with Crippen molar-refractivity contribution in [1.29, 1.82) is 0 Å². The van der Waals surface area contributed by atoms with Crippen molar-refractivity contribution in [3.05, 3.63) is 11.3 Å². The van der Waals surface area contributed by atoms with Gasteiger partial charge in [0.05, 0.1) is 19.8 Å². The highest BCUT2D eigenvalue weighted by Gasteiger charge is 2.32. The molecule has 0 fully saturated rings. The van der Waals surface area contributed by atoms with Gasteiger partial charge in [-0.2, -0.15) is 0 Å². The van der Waals surface area contributed by atoms with Gasteiger partial charge in [0, 0.05) is 6.42 Å². The molecule has 1 rings (SSSR count). The van der Waals surface area contributed by atoms with Crippen molar-refractivity contribution in [2.24, 2.45) is 0 Å². The molecule has 1 unspecified atom stereocenters. The van der Waals surface area contributed by atoms with Crippen LogP contribution < -0.4 is 0 Å². The molecule has 0 aromatic heterocycles. The minimum atomic E-state index is -0.644. The normalized spacial score (nSPS) is 20.4. The summed E-state index contributed by atoms with van der Waals surface area (Å²) in [7, 11) is 2.49. The average molecular weight is 200 g/mol. The van der Waals surface area contributed by atoms with Gasteiger partial charge in [0.15, 0.2) is 0 Å². The fraction of sp³-hybridized carbons (Fsp3) is 0.556. The van der Waals surface area contributed by atoms with E-state index in [1.165, 1.54) is 14.2 Å². The third-order valence-corrected chi connectivity index (χ3v) is 1.89. The molecular formula is C9H12O5. The van der Waals surface area contributed by atoms with Crippen LogP contribution in [0.25, 0.3) is 0 Å². The molecule has 0 saturated carbocycles. The summed E-state index contributed by atoms with van der Waals surface area (Å²) in [4.78, 5) is 22.4. The highest BCUT2D eigenvalue weighted by molar-refractivity contribution is 5.99. The second kappa shape index (κ2) is 4.13. The van der Waals surface area contributed by atoms with Crippen LogP contribution in [-0.4, -0.2) is 32.3 Å². The van der Waals surface area contributed by atoms with Gasteiger partial charge in [-0.1, -0.05) is 0 Å². The van der Waals surface area contributed by atoms with Crippen molar-refractivity contribution >= 4 is 11.9 Å². The Balaban J connectivity index is 2.94.